The summed E-state index contributed by atoms with van der Waals surface area (Å²) in [7, 11) is 1.80. The number of nitrogens with zero attached hydrogens (tertiary/aromatic N) is 3. The number of rotatable bonds is 4. The SMILES string of the molecule is Cc1nn(C)cc1CNC(=O)c1ccc(Br)c([N+](=O)[O-])c1. The topological polar surface area (TPSA) is 90.1 Å². The Labute approximate surface area is 129 Å². The zero-order valence-electron chi connectivity index (χ0n) is 11.5. The van der Waals surface area contributed by atoms with E-state index in [1.807, 2.05) is 13.1 Å². The van der Waals surface area contributed by atoms with Gasteiger partial charge in [-0.05, 0) is 35.0 Å². The van der Waals surface area contributed by atoms with Gasteiger partial charge in [-0.15, -0.1) is 0 Å². The maximum atomic E-state index is 12.0. The number of hydrogen-bond donors (Lipinski definition) is 1. The molecule has 0 bridgehead atoms. The van der Waals surface area contributed by atoms with E-state index in [4.69, 9.17) is 0 Å². The number of halogens is 1. The highest BCUT2D eigenvalue weighted by molar-refractivity contribution is 9.10. The second-order valence-corrected chi connectivity index (χ2v) is 5.37. The Hall–Kier alpha value is -2.22. The van der Waals surface area contributed by atoms with Gasteiger partial charge in [0.15, 0.2) is 0 Å². The number of aromatic nitrogens is 2. The molecule has 110 valence electrons. The van der Waals surface area contributed by atoms with E-state index in [2.05, 4.69) is 26.3 Å². The van der Waals surface area contributed by atoms with Gasteiger partial charge >= 0.3 is 0 Å². The maximum Gasteiger partial charge on any atom is 0.284 e. The van der Waals surface area contributed by atoms with Gasteiger partial charge in [-0.25, -0.2) is 0 Å². The molecule has 2 aromatic rings. The Kier molecular flexibility index (Phi) is 4.37. The van der Waals surface area contributed by atoms with Gasteiger partial charge < -0.3 is 5.32 Å². The van der Waals surface area contributed by atoms with E-state index in [9.17, 15) is 14.9 Å². The van der Waals surface area contributed by atoms with Gasteiger partial charge in [0.05, 0.1) is 15.1 Å². The third-order valence-electron chi connectivity index (χ3n) is 2.96. The fraction of sp³-hybridized carbons (Fsp3) is 0.231. The highest BCUT2D eigenvalue weighted by atomic mass is 79.9. The lowest BCUT2D eigenvalue weighted by molar-refractivity contribution is -0.385. The number of nitrogens with one attached hydrogen (secondary N) is 1. The van der Waals surface area contributed by atoms with Gasteiger partial charge in [-0.1, -0.05) is 0 Å². The Bertz CT molecular complexity index is 711. The highest BCUT2D eigenvalue weighted by Crippen LogP contribution is 2.25. The molecular formula is C13H13BrN4O3. The number of nitro benzene ring substituents is 1. The minimum atomic E-state index is -0.536. The van der Waals surface area contributed by atoms with Gasteiger partial charge in [0.2, 0.25) is 0 Å². The zero-order chi connectivity index (χ0) is 15.6. The van der Waals surface area contributed by atoms with Crippen molar-refractivity contribution in [1.82, 2.24) is 15.1 Å². The molecule has 0 fully saturated rings. The third-order valence-corrected chi connectivity index (χ3v) is 3.63. The molecular weight excluding hydrogens is 340 g/mol. The second-order valence-electron chi connectivity index (χ2n) is 4.52. The van der Waals surface area contributed by atoms with Crippen molar-refractivity contribution in [1.29, 1.82) is 0 Å². The van der Waals surface area contributed by atoms with Crippen LogP contribution in [0.1, 0.15) is 21.6 Å². The molecule has 0 radical (unpaired) electrons. The minimum Gasteiger partial charge on any atom is -0.348 e. The van der Waals surface area contributed by atoms with E-state index in [1.54, 1.807) is 11.7 Å². The molecule has 8 heteroatoms. The molecule has 21 heavy (non-hydrogen) atoms. The van der Waals surface area contributed by atoms with Gasteiger partial charge in [0.1, 0.15) is 0 Å². The number of carbonyl (C=O) groups excluding carboxylic acids is 1. The molecule has 0 saturated heterocycles. The molecule has 0 saturated carbocycles. The molecule has 0 unspecified atom stereocenters. The summed E-state index contributed by atoms with van der Waals surface area (Å²) in [4.78, 5) is 22.4. The molecule has 1 aromatic carbocycles. The van der Waals surface area contributed by atoms with Gasteiger partial charge in [0, 0.05) is 37.0 Å². The number of nitro groups is 1. The Morgan fingerprint density at radius 3 is 2.81 bits per heavy atom. The lowest BCUT2D eigenvalue weighted by Crippen LogP contribution is -2.23. The van der Waals surface area contributed by atoms with Crippen LogP contribution in [0.2, 0.25) is 0 Å². The molecule has 0 aliphatic rings. The maximum absolute atomic E-state index is 12.0. The number of carbonyl (C=O) groups is 1. The van der Waals surface area contributed by atoms with Gasteiger partial charge in [-0.2, -0.15) is 5.10 Å². The Balaban J connectivity index is 2.12. The first kappa shape index (κ1) is 15.2. The van der Waals surface area contributed by atoms with E-state index < -0.39 is 4.92 Å². The first-order valence-corrected chi connectivity index (χ1v) is 6.89. The molecule has 2 rings (SSSR count). The number of amides is 1. The zero-order valence-corrected chi connectivity index (χ0v) is 13.0. The predicted molar refractivity (Wildman–Crippen MR) is 79.9 cm³/mol. The molecule has 1 aromatic heterocycles. The van der Waals surface area contributed by atoms with Crippen LogP contribution >= 0.6 is 15.9 Å². The van der Waals surface area contributed by atoms with Crippen LogP contribution in [0.4, 0.5) is 5.69 Å². The van der Waals surface area contributed by atoms with Crippen molar-refractivity contribution in [3.05, 3.63) is 55.8 Å². The summed E-state index contributed by atoms with van der Waals surface area (Å²) in [5.74, 6) is -0.367. The van der Waals surface area contributed by atoms with E-state index >= 15 is 0 Å². The van der Waals surface area contributed by atoms with Crippen molar-refractivity contribution in [2.24, 2.45) is 7.05 Å². The van der Waals surface area contributed by atoms with Crippen LogP contribution in [0.15, 0.2) is 28.9 Å². The fourth-order valence-corrected chi connectivity index (χ4v) is 2.28. The van der Waals surface area contributed by atoms with E-state index in [1.165, 1.54) is 18.2 Å². The Morgan fingerprint density at radius 1 is 1.52 bits per heavy atom. The molecule has 1 amide bonds. The van der Waals surface area contributed by atoms with Crippen molar-refractivity contribution in [2.45, 2.75) is 13.5 Å². The summed E-state index contributed by atoms with van der Waals surface area (Å²) >= 11 is 3.08. The van der Waals surface area contributed by atoms with Crippen molar-refractivity contribution < 1.29 is 9.72 Å². The second kappa shape index (κ2) is 6.04. The predicted octanol–water partition coefficient (Wildman–Crippen LogP) is 2.33. The average molecular weight is 353 g/mol. The van der Waals surface area contributed by atoms with E-state index in [-0.39, 0.29) is 17.2 Å². The fourth-order valence-electron chi connectivity index (χ4n) is 1.89. The van der Waals surface area contributed by atoms with Crippen LogP contribution < -0.4 is 5.32 Å². The molecule has 1 N–H and O–H groups in total. The van der Waals surface area contributed by atoms with Crippen LogP contribution in [0.25, 0.3) is 0 Å². The van der Waals surface area contributed by atoms with Crippen molar-refractivity contribution in [3.8, 4) is 0 Å². The molecule has 0 aliphatic carbocycles. The number of hydrogen-bond acceptors (Lipinski definition) is 4. The summed E-state index contributed by atoms with van der Waals surface area (Å²) in [6.07, 6.45) is 1.82. The summed E-state index contributed by atoms with van der Waals surface area (Å²) in [5.41, 5.74) is 1.84. The van der Waals surface area contributed by atoms with E-state index in [0.29, 0.717) is 11.0 Å². The standard InChI is InChI=1S/C13H13BrN4O3/c1-8-10(7-17(2)16-8)6-15-13(19)9-3-4-11(14)12(5-9)18(20)21/h3-5,7H,6H2,1-2H3,(H,15,19). The highest BCUT2D eigenvalue weighted by Gasteiger charge is 2.16. The molecule has 0 atom stereocenters. The largest absolute Gasteiger partial charge is 0.348 e. The van der Waals surface area contributed by atoms with Crippen molar-refractivity contribution >= 4 is 27.5 Å². The van der Waals surface area contributed by atoms with Crippen LogP contribution in [0, 0.1) is 17.0 Å². The summed E-state index contributed by atoms with van der Waals surface area (Å²) < 4.78 is 2.01. The molecule has 1 heterocycles. The van der Waals surface area contributed by atoms with Crippen LogP contribution in [0.5, 0.6) is 0 Å². The van der Waals surface area contributed by atoms with Crippen LogP contribution in [-0.2, 0) is 13.6 Å². The number of benzene rings is 1. The number of aryl methyl sites for hydroxylation is 2. The van der Waals surface area contributed by atoms with Crippen LogP contribution in [-0.4, -0.2) is 20.6 Å². The average Bonchev–Trinajstić information content (AvgIpc) is 2.74. The Morgan fingerprint density at radius 2 is 2.24 bits per heavy atom. The lowest BCUT2D eigenvalue weighted by Gasteiger charge is -2.05. The van der Waals surface area contributed by atoms with Gasteiger partial charge in [-0.3, -0.25) is 19.6 Å². The van der Waals surface area contributed by atoms with Crippen LogP contribution in [0.3, 0.4) is 0 Å². The smallest absolute Gasteiger partial charge is 0.284 e. The van der Waals surface area contributed by atoms with Crippen molar-refractivity contribution in [3.63, 3.8) is 0 Å². The van der Waals surface area contributed by atoms with E-state index in [0.717, 1.165) is 11.3 Å². The molecule has 0 aliphatic heterocycles. The quantitative estimate of drug-likeness (QED) is 0.675. The molecule has 0 spiro atoms. The monoisotopic (exact) mass is 352 g/mol. The minimum absolute atomic E-state index is 0.139. The first-order valence-electron chi connectivity index (χ1n) is 6.09. The summed E-state index contributed by atoms with van der Waals surface area (Å²) in [5, 5.41) is 17.8. The van der Waals surface area contributed by atoms with Crippen molar-refractivity contribution in [2.75, 3.05) is 0 Å². The third kappa shape index (κ3) is 3.46. The lowest BCUT2D eigenvalue weighted by atomic mass is 10.2. The van der Waals surface area contributed by atoms with Gasteiger partial charge in [0.25, 0.3) is 11.6 Å². The first-order chi connectivity index (χ1) is 9.88. The summed E-state index contributed by atoms with van der Waals surface area (Å²) in [6.45, 7) is 2.17. The normalized spacial score (nSPS) is 10.4. The summed E-state index contributed by atoms with van der Waals surface area (Å²) in [6, 6.07) is 4.26. The molecule has 7 nitrogen and oxygen atoms in total.